The zero-order valence-electron chi connectivity index (χ0n) is 36.2. The lowest BCUT2D eigenvalue weighted by molar-refractivity contribution is 0.707. The van der Waals surface area contributed by atoms with E-state index >= 15 is 0 Å². The molecule has 0 radical (unpaired) electrons. The molecule has 3 heterocycles. The van der Waals surface area contributed by atoms with Gasteiger partial charge in [0, 0.05) is 63.2 Å². The molecule has 15 rings (SSSR count). The third kappa shape index (κ3) is 5.17. The molecule has 312 valence electrons. The van der Waals surface area contributed by atoms with Gasteiger partial charge in [-0.05, 0) is 116 Å². The summed E-state index contributed by atoms with van der Waals surface area (Å²) in [4.78, 5) is 5.09. The quantitative estimate of drug-likeness (QED) is 0.174. The van der Waals surface area contributed by atoms with Crippen LogP contribution in [-0.4, -0.2) is 4.57 Å². The van der Waals surface area contributed by atoms with Gasteiger partial charge in [-0.2, -0.15) is 0 Å². The standard InChI is InChI=1S/C63H38N2S2/c1-2-18-44-39(14-1)15-13-27-55(44)65-56-26-8-4-20-46(56)47-33-30-42(37-57(47)65)64(43-31-34-49-48-21-5-9-28-58(48)66-61(49)38-43)41-32-35-60-54(36-41)63(52-24-7-10-29-59(52)67-60)51-23-6-3-19-45(51)50-22-11-16-40-17-12-25-53(63)62(40)50/h1-38H. The molecule has 1 spiro atoms. The number of aromatic nitrogens is 1. The van der Waals surface area contributed by atoms with Crippen molar-refractivity contribution in [3.05, 3.63) is 253 Å². The van der Waals surface area contributed by atoms with Crippen molar-refractivity contribution in [3.63, 3.8) is 0 Å². The summed E-state index contributed by atoms with van der Waals surface area (Å²) in [5, 5.41) is 10.1. The monoisotopic (exact) mass is 886 g/mol. The van der Waals surface area contributed by atoms with Crippen LogP contribution in [0.15, 0.2) is 240 Å². The van der Waals surface area contributed by atoms with E-state index in [0.29, 0.717) is 0 Å². The van der Waals surface area contributed by atoms with Crippen LogP contribution in [0.3, 0.4) is 0 Å². The first kappa shape index (κ1) is 37.3. The highest BCUT2D eigenvalue weighted by atomic mass is 32.2. The lowest BCUT2D eigenvalue weighted by Gasteiger charge is -2.46. The van der Waals surface area contributed by atoms with E-state index in [1.807, 2.05) is 23.1 Å². The van der Waals surface area contributed by atoms with Crippen molar-refractivity contribution in [2.24, 2.45) is 0 Å². The summed E-state index contributed by atoms with van der Waals surface area (Å²) in [5.41, 5.74) is 14.2. The molecule has 13 aromatic rings. The topological polar surface area (TPSA) is 8.17 Å². The second-order valence-electron chi connectivity index (χ2n) is 17.9. The van der Waals surface area contributed by atoms with E-state index in [-0.39, 0.29) is 0 Å². The summed E-state index contributed by atoms with van der Waals surface area (Å²) >= 11 is 3.77. The van der Waals surface area contributed by atoms with Crippen LogP contribution in [-0.2, 0) is 5.41 Å². The Bertz CT molecular complexity index is 4220. The Balaban J connectivity index is 1.03. The molecule has 0 amide bonds. The normalized spacial score (nSPS) is 14.9. The van der Waals surface area contributed by atoms with Crippen molar-refractivity contribution in [1.29, 1.82) is 0 Å². The highest BCUT2D eigenvalue weighted by Gasteiger charge is 2.48. The zero-order chi connectivity index (χ0) is 43.8. The highest BCUT2D eigenvalue weighted by Crippen LogP contribution is 2.62. The van der Waals surface area contributed by atoms with Gasteiger partial charge in [0.25, 0.3) is 0 Å². The van der Waals surface area contributed by atoms with Crippen molar-refractivity contribution in [2.45, 2.75) is 15.2 Å². The Kier molecular flexibility index (Phi) is 7.84. The van der Waals surface area contributed by atoms with E-state index in [0.717, 1.165) is 17.1 Å². The average Bonchev–Trinajstić information content (AvgIpc) is 3.92. The molecule has 2 nitrogen and oxygen atoms in total. The first-order valence-corrected chi connectivity index (χ1v) is 24.6. The molecular weight excluding hydrogens is 849 g/mol. The van der Waals surface area contributed by atoms with Crippen molar-refractivity contribution >= 4 is 104 Å². The van der Waals surface area contributed by atoms with E-state index < -0.39 is 5.41 Å². The molecule has 4 heteroatoms. The van der Waals surface area contributed by atoms with Gasteiger partial charge in [0.15, 0.2) is 0 Å². The van der Waals surface area contributed by atoms with Gasteiger partial charge >= 0.3 is 0 Å². The maximum absolute atomic E-state index is 2.53. The second-order valence-corrected chi connectivity index (χ2v) is 20.1. The van der Waals surface area contributed by atoms with Gasteiger partial charge in [-0.3, -0.25) is 0 Å². The molecule has 1 atom stereocenters. The van der Waals surface area contributed by atoms with Gasteiger partial charge in [0.1, 0.15) is 0 Å². The van der Waals surface area contributed by atoms with Crippen molar-refractivity contribution in [1.82, 2.24) is 4.57 Å². The molecule has 2 aromatic heterocycles. The molecule has 0 bridgehead atoms. The van der Waals surface area contributed by atoms with Crippen molar-refractivity contribution in [3.8, 4) is 16.8 Å². The summed E-state index contributed by atoms with van der Waals surface area (Å²) in [5.74, 6) is 0. The van der Waals surface area contributed by atoms with Gasteiger partial charge in [-0.15, -0.1) is 11.3 Å². The number of thiophene rings is 1. The smallest absolute Gasteiger partial charge is 0.0736 e. The minimum atomic E-state index is -0.566. The Morgan fingerprint density at radius 1 is 0.358 bits per heavy atom. The molecule has 0 N–H and O–H groups in total. The molecule has 0 saturated carbocycles. The Morgan fingerprint density at radius 2 is 0.955 bits per heavy atom. The van der Waals surface area contributed by atoms with Gasteiger partial charge in [-0.1, -0.05) is 176 Å². The Labute approximate surface area is 395 Å². The number of nitrogens with zero attached hydrogens (tertiary/aromatic N) is 2. The Morgan fingerprint density at radius 3 is 1.88 bits per heavy atom. The maximum Gasteiger partial charge on any atom is 0.0736 e. The third-order valence-corrected chi connectivity index (χ3v) is 16.9. The lowest BCUT2D eigenvalue weighted by atomic mass is 9.59. The van der Waals surface area contributed by atoms with Crippen LogP contribution in [0.5, 0.6) is 0 Å². The van der Waals surface area contributed by atoms with Crippen molar-refractivity contribution in [2.75, 3.05) is 4.90 Å². The van der Waals surface area contributed by atoms with E-state index in [2.05, 4.69) is 240 Å². The Hall–Kier alpha value is -7.89. The first-order chi connectivity index (χ1) is 33.2. The maximum atomic E-state index is 2.53. The number of benzene rings is 11. The van der Waals surface area contributed by atoms with Gasteiger partial charge in [-0.25, -0.2) is 0 Å². The minimum Gasteiger partial charge on any atom is -0.310 e. The summed E-state index contributed by atoms with van der Waals surface area (Å²) in [6.07, 6.45) is 0. The van der Waals surface area contributed by atoms with Crippen LogP contribution in [0.2, 0.25) is 0 Å². The number of hydrogen-bond donors (Lipinski definition) is 0. The van der Waals surface area contributed by atoms with Crippen LogP contribution in [0.1, 0.15) is 22.3 Å². The fraction of sp³-hybridized carbons (Fsp3) is 0.0159. The fourth-order valence-electron chi connectivity index (χ4n) is 11.9. The third-order valence-electron chi connectivity index (χ3n) is 14.6. The van der Waals surface area contributed by atoms with Gasteiger partial charge in [0.2, 0.25) is 0 Å². The SMILES string of the molecule is c1ccc2c(c1)Sc1ccc(N(c3ccc4c(c3)sc3ccccc34)c3ccc4c5ccccc5n(-c5cccc6ccccc56)c4c3)cc1C21c2ccccc2-c2cccc3cccc1c23. The van der Waals surface area contributed by atoms with E-state index in [4.69, 9.17) is 0 Å². The lowest BCUT2D eigenvalue weighted by Crippen LogP contribution is -2.36. The van der Waals surface area contributed by atoms with Gasteiger partial charge < -0.3 is 9.47 Å². The molecule has 2 aliphatic rings. The average molecular weight is 887 g/mol. The second kappa shape index (κ2) is 14.1. The zero-order valence-corrected chi connectivity index (χ0v) is 37.8. The fourth-order valence-corrected chi connectivity index (χ4v) is 14.2. The summed E-state index contributed by atoms with van der Waals surface area (Å²) in [6.45, 7) is 0. The molecule has 0 fully saturated rings. The number of anilines is 3. The molecule has 67 heavy (non-hydrogen) atoms. The molecule has 1 aliphatic carbocycles. The van der Waals surface area contributed by atoms with Crippen LogP contribution in [0, 0.1) is 0 Å². The molecule has 11 aromatic carbocycles. The predicted molar refractivity (Wildman–Crippen MR) is 285 cm³/mol. The van der Waals surface area contributed by atoms with Crippen molar-refractivity contribution < 1.29 is 0 Å². The van der Waals surface area contributed by atoms with Crippen LogP contribution in [0.4, 0.5) is 17.1 Å². The van der Waals surface area contributed by atoms with Crippen LogP contribution < -0.4 is 4.90 Å². The van der Waals surface area contributed by atoms with E-state index in [1.165, 1.54) is 112 Å². The van der Waals surface area contributed by atoms with E-state index in [9.17, 15) is 0 Å². The first-order valence-electron chi connectivity index (χ1n) is 23.0. The van der Waals surface area contributed by atoms with Crippen LogP contribution >= 0.6 is 23.1 Å². The number of fused-ring (bicyclic) bond motifs is 15. The van der Waals surface area contributed by atoms with E-state index in [1.54, 1.807) is 0 Å². The summed E-state index contributed by atoms with van der Waals surface area (Å²) in [7, 11) is 0. The molecule has 1 unspecified atom stereocenters. The predicted octanol–water partition coefficient (Wildman–Crippen LogP) is 17.8. The minimum absolute atomic E-state index is 0.566. The molecular formula is C63H38N2S2. The number of hydrogen-bond acceptors (Lipinski definition) is 3. The summed E-state index contributed by atoms with van der Waals surface area (Å²) in [6, 6.07) is 86.6. The highest BCUT2D eigenvalue weighted by molar-refractivity contribution is 7.99. The van der Waals surface area contributed by atoms with Crippen LogP contribution in [0.25, 0.3) is 80.3 Å². The number of para-hydroxylation sites is 1. The summed E-state index contributed by atoms with van der Waals surface area (Å²) < 4.78 is 5.06. The number of rotatable bonds is 4. The molecule has 1 aliphatic heterocycles. The molecule has 0 saturated heterocycles. The van der Waals surface area contributed by atoms with Gasteiger partial charge in [0.05, 0.1) is 22.1 Å². The largest absolute Gasteiger partial charge is 0.310 e.